The predicted octanol–water partition coefficient (Wildman–Crippen LogP) is 2.71. The van der Waals surface area contributed by atoms with E-state index in [1.54, 1.807) is 0 Å². The number of nitrogens with one attached hydrogen (secondary N) is 1. The van der Waals surface area contributed by atoms with Crippen molar-refractivity contribution >= 4 is 10.9 Å². The summed E-state index contributed by atoms with van der Waals surface area (Å²) in [7, 11) is 0. The Morgan fingerprint density at radius 1 is 1.05 bits per heavy atom. The molecule has 0 aliphatic carbocycles. The van der Waals surface area contributed by atoms with Crippen molar-refractivity contribution in [3.05, 3.63) is 65.9 Å². The van der Waals surface area contributed by atoms with Crippen molar-refractivity contribution in [3.8, 4) is 5.75 Å². The summed E-state index contributed by atoms with van der Waals surface area (Å²) in [5.74, 6) is 0.830. The molecule has 1 atom stereocenters. The fourth-order valence-corrected chi connectivity index (χ4v) is 2.45. The highest BCUT2D eigenvalue weighted by Gasteiger charge is 2.14. The summed E-state index contributed by atoms with van der Waals surface area (Å²) in [6.07, 6.45) is 1.91. The van der Waals surface area contributed by atoms with Crippen molar-refractivity contribution in [3.63, 3.8) is 0 Å². The van der Waals surface area contributed by atoms with E-state index in [2.05, 4.69) is 4.98 Å². The summed E-state index contributed by atoms with van der Waals surface area (Å²) in [4.78, 5) is 3.23. The minimum Gasteiger partial charge on any atom is -0.488 e. The van der Waals surface area contributed by atoms with Crippen LogP contribution in [-0.2, 0) is 6.61 Å². The fraction of sp³-hybridized carbons (Fsp3) is 0.176. The van der Waals surface area contributed by atoms with Crippen LogP contribution in [0.3, 0.4) is 0 Å². The van der Waals surface area contributed by atoms with Crippen molar-refractivity contribution in [1.29, 1.82) is 0 Å². The molecule has 1 unspecified atom stereocenters. The Morgan fingerprint density at radius 2 is 1.86 bits per heavy atom. The highest BCUT2D eigenvalue weighted by atomic mass is 16.5. The highest BCUT2D eigenvalue weighted by Crippen LogP contribution is 2.31. The van der Waals surface area contributed by atoms with Gasteiger partial charge in [-0.2, -0.15) is 0 Å². The van der Waals surface area contributed by atoms with Crippen LogP contribution in [0.5, 0.6) is 5.75 Å². The van der Waals surface area contributed by atoms with Crippen LogP contribution in [0.2, 0.25) is 0 Å². The molecule has 0 fully saturated rings. The van der Waals surface area contributed by atoms with Crippen LogP contribution in [0.4, 0.5) is 0 Å². The summed E-state index contributed by atoms with van der Waals surface area (Å²) < 4.78 is 5.98. The van der Waals surface area contributed by atoms with Gasteiger partial charge in [-0.05, 0) is 23.3 Å². The molecule has 0 spiro atoms. The van der Waals surface area contributed by atoms with Crippen LogP contribution in [0, 0.1) is 0 Å². The van der Waals surface area contributed by atoms with E-state index in [0.717, 1.165) is 27.8 Å². The number of nitrogens with two attached hydrogens (primary N) is 2. The van der Waals surface area contributed by atoms with E-state index in [4.69, 9.17) is 16.2 Å². The average molecular weight is 281 g/mol. The first-order chi connectivity index (χ1) is 10.3. The van der Waals surface area contributed by atoms with Crippen LogP contribution in [0.15, 0.2) is 54.7 Å². The van der Waals surface area contributed by atoms with Gasteiger partial charge in [-0.3, -0.25) is 0 Å². The molecule has 1 heterocycles. The summed E-state index contributed by atoms with van der Waals surface area (Å²) >= 11 is 0. The molecule has 4 nitrogen and oxygen atoms in total. The third-order valence-electron chi connectivity index (χ3n) is 3.59. The molecule has 1 aromatic heterocycles. The average Bonchev–Trinajstić information content (AvgIpc) is 2.98. The van der Waals surface area contributed by atoms with Gasteiger partial charge in [-0.15, -0.1) is 0 Å². The molecule has 2 aromatic carbocycles. The van der Waals surface area contributed by atoms with Crippen molar-refractivity contribution in [2.45, 2.75) is 12.6 Å². The number of hydrogen-bond donors (Lipinski definition) is 3. The fourth-order valence-electron chi connectivity index (χ4n) is 2.45. The molecule has 3 aromatic rings. The summed E-state index contributed by atoms with van der Waals surface area (Å²) in [5.41, 5.74) is 14.9. The zero-order chi connectivity index (χ0) is 14.7. The zero-order valence-electron chi connectivity index (χ0n) is 11.8. The smallest absolute Gasteiger partial charge is 0.129 e. The summed E-state index contributed by atoms with van der Waals surface area (Å²) in [6.45, 7) is 0.933. The number of rotatable bonds is 5. The molecule has 21 heavy (non-hydrogen) atoms. The Kier molecular flexibility index (Phi) is 3.90. The molecule has 0 saturated heterocycles. The maximum absolute atomic E-state index is 6.08. The molecule has 0 aliphatic heterocycles. The first kappa shape index (κ1) is 13.7. The van der Waals surface area contributed by atoms with Crippen LogP contribution < -0.4 is 16.2 Å². The van der Waals surface area contributed by atoms with E-state index in [9.17, 15) is 0 Å². The van der Waals surface area contributed by atoms with Gasteiger partial charge in [0.2, 0.25) is 0 Å². The molecule has 0 bridgehead atoms. The monoisotopic (exact) mass is 281 g/mol. The third kappa shape index (κ3) is 2.77. The Bertz CT molecular complexity index is 721. The molecule has 4 heteroatoms. The number of aromatic nitrogens is 1. The summed E-state index contributed by atoms with van der Waals surface area (Å²) in [5, 5.41) is 1.02. The number of benzene rings is 2. The maximum atomic E-state index is 6.08. The summed E-state index contributed by atoms with van der Waals surface area (Å²) in [6, 6.07) is 15.8. The molecule has 5 N–H and O–H groups in total. The predicted molar refractivity (Wildman–Crippen MR) is 85.1 cm³/mol. The molecule has 0 aliphatic rings. The number of H-pyrrole nitrogens is 1. The van der Waals surface area contributed by atoms with Crippen LogP contribution >= 0.6 is 0 Å². The van der Waals surface area contributed by atoms with E-state index < -0.39 is 0 Å². The van der Waals surface area contributed by atoms with Gasteiger partial charge in [0.25, 0.3) is 0 Å². The normalized spacial score (nSPS) is 12.5. The Morgan fingerprint density at radius 3 is 2.62 bits per heavy atom. The van der Waals surface area contributed by atoms with Gasteiger partial charge >= 0.3 is 0 Å². The third-order valence-corrected chi connectivity index (χ3v) is 3.59. The second-order valence-electron chi connectivity index (χ2n) is 5.04. The van der Waals surface area contributed by atoms with Gasteiger partial charge in [0.15, 0.2) is 0 Å². The molecule has 0 amide bonds. The number of fused-ring (bicyclic) bond motifs is 1. The Labute approximate surface area is 123 Å². The lowest BCUT2D eigenvalue weighted by molar-refractivity contribution is 0.310. The largest absolute Gasteiger partial charge is 0.488 e. The first-order valence-electron chi connectivity index (χ1n) is 7.02. The topological polar surface area (TPSA) is 77.1 Å². The standard InChI is InChI=1S/C17H19N3O/c18-9-14(19)13-10-20-15-7-4-8-16(17(13)15)21-11-12-5-2-1-3-6-12/h1-8,10,14,20H,9,11,18-19H2. The van der Waals surface area contributed by atoms with Crippen LogP contribution in [0.1, 0.15) is 17.2 Å². The van der Waals surface area contributed by atoms with Gasteiger partial charge in [-0.25, -0.2) is 0 Å². The van der Waals surface area contributed by atoms with E-state index in [1.165, 1.54) is 0 Å². The van der Waals surface area contributed by atoms with E-state index in [1.807, 2.05) is 54.7 Å². The second kappa shape index (κ2) is 5.99. The highest BCUT2D eigenvalue weighted by molar-refractivity contribution is 5.89. The molecular weight excluding hydrogens is 262 g/mol. The Balaban J connectivity index is 1.92. The van der Waals surface area contributed by atoms with Crippen molar-refractivity contribution in [1.82, 2.24) is 4.98 Å². The zero-order valence-corrected chi connectivity index (χ0v) is 11.8. The lowest BCUT2D eigenvalue weighted by Gasteiger charge is -2.12. The minimum absolute atomic E-state index is 0.194. The molecule has 0 radical (unpaired) electrons. The number of hydrogen-bond acceptors (Lipinski definition) is 3. The van der Waals surface area contributed by atoms with E-state index >= 15 is 0 Å². The molecule has 3 rings (SSSR count). The molecular formula is C17H19N3O. The first-order valence-corrected chi connectivity index (χ1v) is 7.02. The lowest BCUT2D eigenvalue weighted by atomic mass is 10.1. The molecule has 108 valence electrons. The van der Waals surface area contributed by atoms with Gasteiger partial charge in [-0.1, -0.05) is 36.4 Å². The maximum Gasteiger partial charge on any atom is 0.129 e. The lowest BCUT2D eigenvalue weighted by Crippen LogP contribution is -2.20. The van der Waals surface area contributed by atoms with Crippen molar-refractivity contribution < 1.29 is 4.74 Å². The minimum atomic E-state index is -0.194. The van der Waals surface area contributed by atoms with Gasteiger partial charge in [0.05, 0.1) is 0 Å². The Hall–Kier alpha value is -2.30. The van der Waals surface area contributed by atoms with E-state index in [0.29, 0.717) is 13.2 Å². The second-order valence-corrected chi connectivity index (χ2v) is 5.04. The SMILES string of the molecule is NCC(N)c1c[nH]c2cccc(OCc3ccccc3)c12. The quantitative estimate of drug-likeness (QED) is 0.673. The van der Waals surface area contributed by atoms with Gasteiger partial charge in [0.1, 0.15) is 12.4 Å². The van der Waals surface area contributed by atoms with Crippen molar-refractivity contribution in [2.24, 2.45) is 11.5 Å². The van der Waals surface area contributed by atoms with Gasteiger partial charge in [0, 0.05) is 29.7 Å². The number of aromatic amines is 1. The van der Waals surface area contributed by atoms with Crippen LogP contribution in [0.25, 0.3) is 10.9 Å². The number of ether oxygens (including phenoxy) is 1. The van der Waals surface area contributed by atoms with Crippen molar-refractivity contribution in [2.75, 3.05) is 6.54 Å². The molecule has 0 saturated carbocycles. The van der Waals surface area contributed by atoms with Gasteiger partial charge < -0.3 is 21.2 Å². The van der Waals surface area contributed by atoms with E-state index in [-0.39, 0.29) is 6.04 Å². The van der Waals surface area contributed by atoms with Crippen LogP contribution in [-0.4, -0.2) is 11.5 Å².